The number of nitrogens with zero attached hydrogens (tertiary/aromatic N) is 3. The Morgan fingerprint density at radius 3 is 2.70 bits per heavy atom. The van der Waals surface area contributed by atoms with E-state index in [1.54, 1.807) is 32.4 Å². The Morgan fingerprint density at radius 1 is 1.26 bits per heavy atom. The fraction of sp³-hybridized carbons (Fsp3) is 0.450. The molecular formula is C20H25N3O3S. The molecule has 6 nitrogen and oxygen atoms in total. The highest BCUT2D eigenvalue weighted by molar-refractivity contribution is 7.16. The summed E-state index contributed by atoms with van der Waals surface area (Å²) in [5.74, 6) is 0.319. The van der Waals surface area contributed by atoms with Crippen molar-refractivity contribution in [3.63, 3.8) is 0 Å². The van der Waals surface area contributed by atoms with Crippen LogP contribution >= 0.6 is 11.3 Å². The van der Waals surface area contributed by atoms with Gasteiger partial charge >= 0.3 is 6.09 Å². The molecule has 7 heteroatoms. The van der Waals surface area contributed by atoms with Crippen LogP contribution in [0.4, 0.5) is 9.93 Å². The molecule has 3 rings (SSSR count). The summed E-state index contributed by atoms with van der Waals surface area (Å²) in [5.41, 5.74) is 2.46. The minimum Gasteiger partial charge on any atom is -0.450 e. The zero-order valence-electron chi connectivity index (χ0n) is 16.0. The Hall–Kier alpha value is -2.41. The molecule has 1 aliphatic rings. The molecule has 0 spiro atoms. The van der Waals surface area contributed by atoms with Gasteiger partial charge in [-0.2, -0.15) is 0 Å². The van der Waals surface area contributed by atoms with Gasteiger partial charge in [0.1, 0.15) is 6.54 Å². The quantitative estimate of drug-likeness (QED) is 0.788. The summed E-state index contributed by atoms with van der Waals surface area (Å²) in [5, 5.41) is 0.691. The van der Waals surface area contributed by atoms with Crippen molar-refractivity contribution >= 4 is 28.5 Å². The van der Waals surface area contributed by atoms with E-state index in [0.29, 0.717) is 11.0 Å². The number of hydrogen-bond acceptors (Lipinski definition) is 5. The molecule has 0 fully saturated rings. The van der Waals surface area contributed by atoms with E-state index in [1.165, 1.54) is 20.2 Å². The maximum Gasteiger partial charge on any atom is 0.409 e. The number of likely N-dealkylation sites (N-methyl/N-ethyl adjacent to an activating group) is 2. The van der Waals surface area contributed by atoms with Gasteiger partial charge in [0.05, 0.1) is 12.3 Å². The molecule has 144 valence electrons. The fourth-order valence-corrected chi connectivity index (χ4v) is 4.39. The molecule has 27 heavy (non-hydrogen) atoms. The normalized spacial score (nSPS) is 15.7. The first kappa shape index (κ1) is 19.4. The van der Waals surface area contributed by atoms with Crippen molar-refractivity contribution in [3.8, 4) is 0 Å². The predicted molar refractivity (Wildman–Crippen MR) is 106 cm³/mol. The summed E-state index contributed by atoms with van der Waals surface area (Å²) in [7, 11) is 3.27. The van der Waals surface area contributed by atoms with Crippen molar-refractivity contribution in [3.05, 3.63) is 46.5 Å². The second-order valence-corrected chi connectivity index (χ2v) is 7.79. The lowest BCUT2D eigenvalue weighted by Crippen LogP contribution is -2.39. The summed E-state index contributed by atoms with van der Waals surface area (Å²) >= 11 is 1.58. The number of thiazole rings is 1. The van der Waals surface area contributed by atoms with Gasteiger partial charge in [-0.15, -0.1) is 11.3 Å². The first-order chi connectivity index (χ1) is 13.0. The molecular weight excluding hydrogens is 362 g/mol. The van der Waals surface area contributed by atoms with Gasteiger partial charge in [0.15, 0.2) is 5.13 Å². The van der Waals surface area contributed by atoms with Crippen molar-refractivity contribution in [2.75, 3.05) is 32.1 Å². The summed E-state index contributed by atoms with van der Waals surface area (Å²) in [6.07, 6.45) is 2.46. The van der Waals surface area contributed by atoms with Crippen LogP contribution in [0.25, 0.3) is 0 Å². The van der Waals surface area contributed by atoms with E-state index in [2.05, 4.69) is 29.2 Å². The molecule has 1 aromatic carbocycles. The molecule has 0 saturated carbocycles. The zero-order chi connectivity index (χ0) is 19.4. The van der Waals surface area contributed by atoms with Crippen LogP contribution in [0.5, 0.6) is 0 Å². The van der Waals surface area contributed by atoms with Gasteiger partial charge in [-0.25, -0.2) is 9.78 Å². The van der Waals surface area contributed by atoms with E-state index in [9.17, 15) is 9.59 Å². The van der Waals surface area contributed by atoms with Gasteiger partial charge in [0.2, 0.25) is 5.91 Å². The molecule has 1 aliphatic carbocycles. The number of hydrogen-bond donors (Lipinski definition) is 0. The summed E-state index contributed by atoms with van der Waals surface area (Å²) in [6, 6.07) is 10.6. The minimum atomic E-state index is -0.497. The van der Waals surface area contributed by atoms with Crippen LogP contribution in [0.15, 0.2) is 30.3 Å². The van der Waals surface area contributed by atoms with Gasteiger partial charge in [-0.3, -0.25) is 9.69 Å². The van der Waals surface area contributed by atoms with E-state index >= 15 is 0 Å². The molecule has 1 atom stereocenters. The lowest BCUT2D eigenvalue weighted by Gasteiger charge is -2.21. The number of carbonyl (C=O) groups is 2. The highest BCUT2D eigenvalue weighted by Gasteiger charge is 2.26. The van der Waals surface area contributed by atoms with E-state index in [-0.39, 0.29) is 19.1 Å². The van der Waals surface area contributed by atoms with E-state index in [0.717, 1.165) is 25.0 Å². The molecule has 0 aliphatic heterocycles. The Morgan fingerprint density at radius 2 is 2.00 bits per heavy atom. The summed E-state index contributed by atoms with van der Waals surface area (Å²) < 4.78 is 4.91. The van der Waals surface area contributed by atoms with E-state index in [1.807, 2.05) is 6.07 Å². The van der Waals surface area contributed by atoms with E-state index < -0.39 is 6.09 Å². The van der Waals surface area contributed by atoms with E-state index in [4.69, 9.17) is 4.74 Å². The zero-order valence-corrected chi connectivity index (χ0v) is 16.8. The molecule has 0 bridgehead atoms. The van der Waals surface area contributed by atoms with Crippen LogP contribution in [0.2, 0.25) is 0 Å². The summed E-state index contributed by atoms with van der Waals surface area (Å²) in [6.45, 7) is 1.99. The summed E-state index contributed by atoms with van der Waals surface area (Å²) in [4.78, 5) is 32.9. The molecule has 0 N–H and O–H groups in total. The van der Waals surface area contributed by atoms with Crippen molar-refractivity contribution < 1.29 is 14.3 Å². The number of benzene rings is 1. The predicted octanol–water partition coefficient (Wildman–Crippen LogP) is 3.47. The van der Waals surface area contributed by atoms with Crippen LogP contribution in [-0.2, 0) is 22.4 Å². The number of carbonyl (C=O) groups excluding carboxylic acids is 2. The lowest BCUT2D eigenvalue weighted by atomic mass is 9.85. The second kappa shape index (κ2) is 8.52. The van der Waals surface area contributed by atoms with Gasteiger partial charge < -0.3 is 9.64 Å². The van der Waals surface area contributed by atoms with Crippen molar-refractivity contribution in [2.24, 2.45) is 0 Å². The number of amides is 2. The van der Waals surface area contributed by atoms with Gasteiger partial charge in [-0.1, -0.05) is 30.3 Å². The first-order valence-electron chi connectivity index (χ1n) is 9.17. The number of aryl methyl sites for hydroxylation is 1. The standard InChI is InChI=1S/C20H25N3O3S/c1-4-26-20(25)22(2)13-18(24)23(3)19-21-16-11-10-15(12-17(16)27-19)14-8-6-5-7-9-14/h5-9,15H,4,10-13H2,1-3H3. The highest BCUT2D eigenvalue weighted by Crippen LogP contribution is 2.37. The Bertz CT molecular complexity index is 806. The molecule has 1 heterocycles. The van der Waals surface area contributed by atoms with Crippen LogP contribution in [0.1, 0.15) is 35.4 Å². The maximum atomic E-state index is 12.5. The molecule has 1 aromatic heterocycles. The SMILES string of the molecule is CCOC(=O)N(C)CC(=O)N(C)c1nc2c(s1)CC(c1ccccc1)CC2. The van der Waals surface area contributed by atoms with Crippen LogP contribution < -0.4 is 4.90 Å². The molecule has 0 saturated heterocycles. The fourth-order valence-electron chi connectivity index (χ4n) is 3.23. The third-order valence-corrected chi connectivity index (χ3v) is 6.01. The first-order valence-corrected chi connectivity index (χ1v) is 9.99. The number of rotatable bonds is 5. The van der Waals surface area contributed by atoms with Gasteiger partial charge in [0.25, 0.3) is 0 Å². The molecule has 0 radical (unpaired) electrons. The number of aromatic nitrogens is 1. The van der Waals surface area contributed by atoms with Crippen molar-refractivity contribution in [2.45, 2.75) is 32.1 Å². The average Bonchev–Trinajstić information content (AvgIpc) is 3.11. The molecule has 2 amide bonds. The van der Waals surface area contributed by atoms with Crippen LogP contribution in [-0.4, -0.2) is 49.1 Å². The molecule has 2 aromatic rings. The largest absolute Gasteiger partial charge is 0.450 e. The second-order valence-electron chi connectivity index (χ2n) is 6.72. The Labute approximate surface area is 163 Å². The number of anilines is 1. The van der Waals surface area contributed by atoms with Gasteiger partial charge in [0, 0.05) is 19.0 Å². The maximum absolute atomic E-state index is 12.5. The van der Waals surface area contributed by atoms with Crippen LogP contribution in [0, 0.1) is 0 Å². The van der Waals surface area contributed by atoms with Gasteiger partial charge in [-0.05, 0) is 37.7 Å². The smallest absolute Gasteiger partial charge is 0.409 e. The monoisotopic (exact) mass is 387 g/mol. The Balaban J connectivity index is 1.66. The third kappa shape index (κ3) is 4.47. The number of ether oxygens (including phenoxy) is 1. The Kier molecular flexibility index (Phi) is 6.11. The van der Waals surface area contributed by atoms with Crippen molar-refractivity contribution in [1.82, 2.24) is 9.88 Å². The van der Waals surface area contributed by atoms with Crippen molar-refractivity contribution in [1.29, 1.82) is 0 Å². The average molecular weight is 388 g/mol. The number of fused-ring (bicyclic) bond motifs is 1. The lowest BCUT2D eigenvalue weighted by molar-refractivity contribution is -0.119. The topological polar surface area (TPSA) is 62.7 Å². The molecule has 1 unspecified atom stereocenters. The minimum absolute atomic E-state index is 0.0355. The third-order valence-electron chi connectivity index (χ3n) is 4.81. The van der Waals surface area contributed by atoms with Crippen LogP contribution in [0.3, 0.4) is 0 Å². The highest BCUT2D eigenvalue weighted by atomic mass is 32.1.